The third kappa shape index (κ3) is 7.02. The monoisotopic (exact) mass is 336 g/mol. The van der Waals surface area contributed by atoms with E-state index in [1.807, 2.05) is 26.0 Å². The summed E-state index contributed by atoms with van der Waals surface area (Å²) in [5.41, 5.74) is 0.862. The van der Waals surface area contributed by atoms with E-state index < -0.39 is 17.9 Å². The van der Waals surface area contributed by atoms with Crippen LogP contribution in [0.4, 0.5) is 0 Å². The topological polar surface area (TPSA) is 61.8 Å². The largest absolute Gasteiger partial charge is 0.497 e. The first-order valence-electron chi connectivity index (χ1n) is 8.58. The number of unbranched alkanes of at least 4 members (excludes halogenated alkanes) is 2. The number of rotatable bonds is 11. The fraction of sp³-hybridized carbons (Fsp3) is 0.579. The smallest absolute Gasteiger partial charge is 0.320 e. The summed E-state index contributed by atoms with van der Waals surface area (Å²) in [6, 6.07) is 7.28. The molecule has 0 bridgehead atoms. The number of methoxy groups -OCH3 is 1. The van der Waals surface area contributed by atoms with Crippen molar-refractivity contribution in [2.24, 2.45) is 5.92 Å². The fourth-order valence-electron chi connectivity index (χ4n) is 2.10. The third-order valence-corrected chi connectivity index (χ3v) is 3.65. The zero-order valence-electron chi connectivity index (χ0n) is 14.9. The van der Waals surface area contributed by atoms with Crippen molar-refractivity contribution in [1.29, 1.82) is 0 Å². The van der Waals surface area contributed by atoms with Gasteiger partial charge in [-0.15, -0.1) is 0 Å². The summed E-state index contributed by atoms with van der Waals surface area (Å²) in [7, 11) is 1.59. The van der Waals surface area contributed by atoms with Gasteiger partial charge in [0.15, 0.2) is 5.92 Å². The highest BCUT2D eigenvalue weighted by Gasteiger charge is 2.30. The molecule has 0 heterocycles. The van der Waals surface area contributed by atoms with Crippen LogP contribution < -0.4 is 4.74 Å². The van der Waals surface area contributed by atoms with Crippen LogP contribution in [0.25, 0.3) is 0 Å². The van der Waals surface area contributed by atoms with Gasteiger partial charge in [-0.25, -0.2) is 0 Å². The third-order valence-electron chi connectivity index (χ3n) is 3.65. The van der Waals surface area contributed by atoms with Gasteiger partial charge in [0.2, 0.25) is 0 Å². The summed E-state index contributed by atoms with van der Waals surface area (Å²) < 4.78 is 15.6. The van der Waals surface area contributed by atoms with Crippen LogP contribution in [0, 0.1) is 5.92 Å². The first-order chi connectivity index (χ1) is 11.6. The summed E-state index contributed by atoms with van der Waals surface area (Å²) in [6.45, 7) is 4.69. The van der Waals surface area contributed by atoms with Crippen LogP contribution in [-0.2, 0) is 25.5 Å². The van der Waals surface area contributed by atoms with Crippen molar-refractivity contribution in [2.45, 2.75) is 46.0 Å². The summed E-state index contributed by atoms with van der Waals surface area (Å²) >= 11 is 0. The lowest BCUT2D eigenvalue weighted by Gasteiger charge is -2.15. The van der Waals surface area contributed by atoms with Crippen molar-refractivity contribution in [1.82, 2.24) is 0 Å². The minimum Gasteiger partial charge on any atom is -0.497 e. The van der Waals surface area contributed by atoms with Crippen LogP contribution in [0.2, 0.25) is 0 Å². The SMILES string of the molecule is CCCCOC(=O)C(Cc1ccc(OC)cc1)C(=O)OCCCC. The van der Waals surface area contributed by atoms with E-state index in [-0.39, 0.29) is 6.42 Å². The van der Waals surface area contributed by atoms with E-state index in [1.54, 1.807) is 19.2 Å². The zero-order chi connectivity index (χ0) is 17.8. The first kappa shape index (κ1) is 20.0. The molecule has 0 atom stereocenters. The van der Waals surface area contributed by atoms with Crippen molar-refractivity contribution in [3.05, 3.63) is 29.8 Å². The van der Waals surface area contributed by atoms with Crippen LogP contribution in [0.1, 0.15) is 45.1 Å². The van der Waals surface area contributed by atoms with Crippen LogP contribution in [-0.4, -0.2) is 32.3 Å². The van der Waals surface area contributed by atoms with Gasteiger partial charge in [-0.3, -0.25) is 9.59 Å². The van der Waals surface area contributed by atoms with Gasteiger partial charge in [0.25, 0.3) is 0 Å². The normalized spacial score (nSPS) is 10.5. The first-order valence-corrected chi connectivity index (χ1v) is 8.58. The minimum atomic E-state index is -0.924. The lowest BCUT2D eigenvalue weighted by molar-refractivity contribution is -0.162. The molecule has 0 saturated carbocycles. The number of hydrogen-bond acceptors (Lipinski definition) is 5. The molecular formula is C19H28O5. The maximum atomic E-state index is 12.3. The number of carbonyl (C=O) groups is 2. The van der Waals surface area contributed by atoms with E-state index in [2.05, 4.69) is 0 Å². The van der Waals surface area contributed by atoms with Gasteiger partial charge in [-0.2, -0.15) is 0 Å². The van der Waals surface area contributed by atoms with E-state index in [9.17, 15) is 9.59 Å². The second kappa shape index (κ2) is 11.5. The molecule has 0 aliphatic carbocycles. The van der Waals surface area contributed by atoms with E-state index in [4.69, 9.17) is 14.2 Å². The molecule has 0 fully saturated rings. The maximum absolute atomic E-state index is 12.3. The average Bonchev–Trinajstić information content (AvgIpc) is 2.60. The van der Waals surface area contributed by atoms with Crippen molar-refractivity contribution < 1.29 is 23.8 Å². The molecule has 1 aromatic rings. The summed E-state index contributed by atoms with van der Waals surface area (Å²) in [6.07, 6.45) is 3.69. The Morgan fingerprint density at radius 2 is 1.42 bits per heavy atom. The van der Waals surface area contributed by atoms with Gasteiger partial charge in [-0.05, 0) is 37.0 Å². The molecule has 134 valence electrons. The fourth-order valence-corrected chi connectivity index (χ4v) is 2.10. The van der Waals surface area contributed by atoms with E-state index in [1.165, 1.54) is 0 Å². The number of ether oxygens (including phenoxy) is 3. The Balaban J connectivity index is 2.74. The van der Waals surface area contributed by atoms with Gasteiger partial charge >= 0.3 is 11.9 Å². The van der Waals surface area contributed by atoms with Crippen LogP contribution in [0.5, 0.6) is 5.75 Å². The quantitative estimate of drug-likeness (QED) is 0.351. The highest BCUT2D eigenvalue weighted by Crippen LogP contribution is 2.17. The molecule has 0 amide bonds. The van der Waals surface area contributed by atoms with Crippen LogP contribution >= 0.6 is 0 Å². The summed E-state index contributed by atoms with van der Waals surface area (Å²) in [5, 5.41) is 0. The molecule has 1 rings (SSSR count). The van der Waals surface area contributed by atoms with Gasteiger partial charge in [0, 0.05) is 0 Å². The molecule has 0 aliphatic rings. The van der Waals surface area contributed by atoms with Gasteiger partial charge in [0.1, 0.15) is 5.75 Å². The second-order valence-electron chi connectivity index (χ2n) is 5.65. The van der Waals surface area contributed by atoms with Crippen molar-refractivity contribution >= 4 is 11.9 Å². The highest BCUT2D eigenvalue weighted by molar-refractivity contribution is 5.95. The van der Waals surface area contributed by atoms with Gasteiger partial charge < -0.3 is 14.2 Å². The molecule has 0 radical (unpaired) electrons. The van der Waals surface area contributed by atoms with Gasteiger partial charge in [0.05, 0.1) is 20.3 Å². The predicted octanol–water partition coefficient (Wildman–Crippen LogP) is 3.54. The molecular weight excluding hydrogens is 308 g/mol. The van der Waals surface area contributed by atoms with Crippen molar-refractivity contribution in [2.75, 3.05) is 20.3 Å². The Labute approximate surface area is 144 Å². The molecule has 0 aromatic heterocycles. The summed E-state index contributed by atoms with van der Waals surface area (Å²) in [5.74, 6) is -1.22. The molecule has 0 aliphatic heterocycles. The molecule has 5 heteroatoms. The maximum Gasteiger partial charge on any atom is 0.320 e. The molecule has 24 heavy (non-hydrogen) atoms. The average molecular weight is 336 g/mol. The molecule has 0 N–H and O–H groups in total. The molecule has 0 unspecified atom stereocenters. The Morgan fingerprint density at radius 1 is 0.917 bits per heavy atom. The van der Waals surface area contributed by atoms with E-state index in [0.29, 0.717) is 13.2 Å². The second-order valence-corrected chi connectivity index (χ2v) is 5.65. The number of carbonyl (C=O) groups excluding carboxylic acids is 2. The van der Waals surface area contributed by atoms with Crippen LogP contribution in [0.15, 0.2) is 24.3 Å². The van der Waals surface area contributed by atoms with Crippen molar-refractivity contribution in [3.63, 3.8) is 0 Å². The number of benzene rings is 1. The lowest BCUT2D eigenvalue weighted by Crippen LogP contribution is -2.30. The van der Waals surface area contributed by atoms with Crippen molar-refractivity contribution in [3.8, 4) is 5.75 Å². The van der Waals surface area contributed by atoms with Crippen LogP contribution in [0.3, 0.4) is 0 Å². The summed E-state index contributed by atoms with van der Waals surface area (Å²) in [4.78, 5) is 24.5. The van der Waals surface area contributed by atoms with E-state index in [0.717, 1.165) is 37.0 Å². The molecule has 1 aromatic carbocycles. The number of hydrogen-bond donors (Lipinski definition) is 0. The molecule has 0 saturated heterocycles. The number of esters is 2. The highest BCUT2D eigenvalue weighted by atomic mass is 16.6. The Bertz CT molecular complexity index is 473. The lowest BCUT2D eigenvalue weighted by atomic mass is 9.99. The Hall–Kier alpha value is -2.04. The Morgan fingerprint density at radius 3 is 1.83 bits per heavy atom. The molecule has 0 spiro atoms. The Kier molecular flexibility index (Phi) is 9.58. The zero-order valence-corrected chi connectivity index (χ0v) is 14.9. The minimum absolute atomic E-state index is 0.264. The van der Waals surface area contributed by atoms with E-state index >= 15 is 0 Å². The molecule has 5 nitrogen and oxygen atoms in total. The van der Waals surface area contributed by atoms with Gasteiger partial charge in [-0.1, -0.05) is 38.8 Å². The standard InChI is InChI=1S/C19H28O5/c1-4-6-12-23-18(20)17(19(21)24-13-7-5-2)14-15-8-10-16(22-3)11-9-15/h8-11,17H,4-7,12-14H2,1-3H3. The predicted molar refractivity (Wildman–Crippen MR) is 91.9 cm³/mol.